The lowest BCUT2D eigenvalue weighted by Gasteiger charge is -2.31. The van der Waals surface area contributed by atoms with Gasteiger partial charge in [0.05, 0.1) is 0 Å². The Morgan fingerprint density at radius 1 is 1.07 bits per heavy atom. The second-order valence-electron chi connectivity index (χ2n) is 6.71. The van der Waals surface area contributed by atoms with Gasteiger partial charge in [-0.15, -0.1) is 0 Å². The smallest absolute Gasteiger partial charge is 0.409 e. The highest BCUT2D eigenvalue weighted by Gasteiger charge is 2.35. The highest BCUT2D eigenvalue weighted by atomic mass is 32.1. The van der Waals surface area contributed by atoms with Crippen LogP contribution in [0.3, 0.4) is 0 Å². The SMILES string of the molecule is Cc1cc(C=C2C(=O)N(C)C(=S)N(C)C2=O)c(C)n1-c1ccc(NC(=O)O)cc1. The van der Waals surface area contributed by atoms with Gasteiger partial charge in [0.15, 0.2) is 5.11 Å². The zero-order valence-corrected chi connectivity index (χ0v) is 17.2. The van der Waals surface area contributed by atoms with Crippen LogP contribution in [0.1, 0.15) is 17.0 Å². The molecule has 2 N–H and O–H groups in total. The van der Waals surface area contributed by atoms with Crippen LogP contribution in [-0.2, 0) is 9.59 Å². The number of likely N-dealkylation sites (N-methyl/N-ethyl adjacent to an activating group) is 2. The molecular weight excluding hydrogens is 392 g/mol. The molecule has 0 aliphatic carbocycles. The van der Waals surface area contributed by atoms with E-state index in [9.17, 15) is 14.4 Å². The molecule has 2 aromatic rings. The van der Waals surface area contributed by atoms with Crippen molar-refractivity contribution in [1.82, 2.24) is 14.4 Å². The Morgan fingerprint density at radius 2 is 1.62 bits per heavy atom. The number of benzene rings is 1. The fraction of sp³-hybridized carbons (Fsp3) is 0.200. The Hall–Kier alpha value is -3.46. The van der Waals surface area contributed by atoms with Gasteiger partial charge in [0, 0.05) is 36.9 Å². The van der Waals surface area contributed by atoms with Crippen molar-refractivity contribution in [1.29, 1.82) is 0 Å². The number of carbonyl (C=O) groups excluding carboxylic acids is 2. The molecule has 9 heteroatoms. The van der Waals surface area contributed by atoms with E-state index < -0.39 is 17.9 Å². The summed E-state index contributed by atoms with van der Waals surface area (Å²) in [7, 11) is 3.08. The van der Waals surface area contributed by atoms with Gasteiger partial charge in [0.1, 0.15) is 5.57 Å². The van der Waals surface area contributed by atoms with Crippen LogP contribution in [0.15, 0.2) is 35.9 Å². The summed E-state index contributed by atoms with van der Waals surface area (Å²) in [4.78, 5) is 38.4. The normalized spacial score (nSPS) is 14.5. The Morgan fingerprint density at radius 3 is 2.14 bits per heavy atom. The van der Waals surface area contributed by atoms with E-state index >= 15 is 0 Å². The summed E-state index contributed by atoms with van der Waals surface area (Å²) in [5.74, 6) is -0.876. The first-order valence-electron chi connectivity index (χ1n) is 8.73. The third-order valence-electron chi connectivity index (χ3n) is 4.79. The summed E-state index contributed by atoms with van der Waals surface area (Å²) < 4.78 is 1.97. The zero-order valence-electron chi connectivity index (χ0n) is 16.4. The van der Waals surface area contributed by atoms with E-state index in [1.165, 1.54) is 23.9 Å². The molecule has 1 aliphatic heterocycles. The number of thiocarbonyl (C=S) groups is 1. The summed E-state index contributed by atoms with van der Waals surface area (Å²) in [6, 6.07) is 8.80. The Bertz CT molecular complexity index is 1040. The highest BCUT2D eigenvalue weighted by Crippen LogP contribution is 2.25. The first-order chi connectivity index (χ1) is 13.6. The van der Waals surface area contributed by atoms with Crippen molar-refractivity contribution in [3.63, 3.8) is 0 Å². The van der Waals surface area contributed by atoms with E-state index in [1.807, 2.05) is 24.5 Å². The van der Waals surface area contributed by atoms with E-state index in [2.05, 4.69) is 5.32 Å². The van der Waals surface area contributed by atoms with Crippen LogP contribution in [0.2, 0.25) is 0 Å². The number of carbonyl (C=O) groups is 3. The van der Waals surface area contributed by atoms with Crippen LogP contribution >= 0.6 is 12.2 Å². The minimum Gasteiger partial charge on any atom is -0.465 e. The number of anilines is 1. The molecule has 2 heterocycles. The van der Waals surface area contributed by atoms with Crippen LogP contribution in [-0.4, -0.2) is 56.6 Å². The lowest BCUT2D eigenvalue weighted by Crippen LogP contribution is -2.52. The molecule has 1 aromatic carbocycles. The van der Waals surface area contributed by atoms with Crippen molar-refractivity contribution in [3.05, 3.63) is 52.9 Å². The molecular formula is C20H20N4O4S. The molecule has 1 saturated heterocycles. The Labute approximate surface area is 173 Å². The minimum atomic E-state index is -1.13. The third kappa shape index (κ3) is 3.64. The van der Waals surface area contributed by atoms with E-state index in [0.29, 0.717) is 5.69 Å². The second kappa shape index (κ2) is 7.51. The topological polar surface area (TPSA) is 94.9 Å². The molecule has 0 atom stereocenters. The van der Waals surface area contributed by atoms with Gasteiger partial charge in [-0.25, -0.2) is 4.79 Å². The fourth-order valence-electron chi connectivity index (χ4n) is 3.28. The molecule has 0 saturated carbocycles. The number of rotatable bonds is 3. The lowest BCUT2D eigenvalue weighted by atomic mass is 10.1. The summed E-state index contributed by atoms with van der Waals surface area (Å²) in [6.07, 6.45) is 0.453. The maximum atomic E-state index is 12.6. The van der Waals surface area contributed by atoms with Crippen LogP contribution < -0.4 is 5.32 Å². The molecule has 3 amide bonds. The van der Waals surface area contributed by atoms with Crippen molar-refractivity contribution in [2.45, 2.75) is 13.8 Å². The van der Waals surface area contributed by atoms with Crippen molar-refractivity contribution in [2.24, 2.45) is 0 Å². The van der Waals surface area contributed by atoms with Crippen LogP contribution in [0.4, 0.5) is 10.5 Å². The van der Waals surface area contributed by atoms with Crippen molar-refractivity contribution in [2.75, 3.05) is 19.4 Å². The largest absolute Gasteiger partial charge is 0.465 e. The van der Waals surface area contributed by atoms with Gasteiger partial charge in [0.2, 0.25) is 0 Å². The first kappa shape index (κ1) is 20.3. The molecule has 0 spiro atoms. The molecule has 1 aliphatic rings. The maximum Gasteiger partial charge on any atom is 0.409 e. The molecule has 3 rings (SSSR count). The molecule has 150 valence electrons. The number of nitrogens with one attached hydrogen (secondary N) is 1. The maximum absolute atomic E-state index is 12.6. The Balaban J connectivity index is 2.01. The summed E-state index contributed by atoms with van der Waals surface area (Å²) >= 11 is 5.11. The van der Waals surface area contributed by atoms with Crippen molar-refractivity contribution >= 4 is 47.0 Å². The number of amides is 3. The van der Waals surface area contributed by atoms with Gasteiger partial charge >= 0.3 is 6.09 Å². The minimum absolute atomic E-state index is 0.0462. The molecule has 0 unspecified atom stereocenters. The Kier molecular flexibility index (Phi) is 5.25. The van der Waals surface area contributed by atoms with Crippen LogP contribution in [0.25, 0.3) is 11.8 Å². The molecule has 0 radical (unpaired) electrons. The van der Waals surface area contributed by atoms with E-state index in [4.69, 9.17) is 17.3 Å². The molecule has 1 aromatic heterocycles. The molecule has 1 fully saturated rings. The van der Waals surface area contributed by atoms with E-state index in [0.717, 1.165) is 22.6 Å². The number of hydrogen-bond acceptors (Lipinski definition) is 4. The zero-order chi connectivity index (χ0) is 21.5. The van der Waals surface area contributed by atoms with E-state index in [-0.39, 0.29) is 10.7 Å². The predicted molar refractivity (Wildman–Crippen MR) is 113 cm³/mol. The number of nitrogens with zero attached hydrogens (tertiary/aromatic N) is 3. The average Bonchev–Trinajstić information content (AvgIpc) is 2.95. The van der Waals surface area contributed by atoms with Gasteiger partial charge in [-0.05, 0) is 68.0 Å². The van der Waals surface area contributed by atoms with Crippen molar-refractivity contribution < 1.29 is 19.5 Å². The van der Waals surface area contributed by atoms with Gasteiger partial charge in [0.25, 0.3) is 11.8 Å². The van der Waals surface area contributed by atoms with Crippen LogP contribution in [0, 0.1) is 13.8 Å². The third-order valence-corrected chi connectivity index (χ3v) is 5.34. The lowest BCUT2D eigenvalue weighted by molar-refractivity contribution is -0.132. The molecule has 8 nitrogen and oxygen atoms in total. The number of hydrogen-bond donors (Lipinski definition) is 2. The highest BCUT2D eigenvalue weighted by molar-refractivity contribution is 7.80. The fourth-order valence-corrected chi connectivity index (χ4v) is 3.44. The monoisotopic (exact) mass is 412 g/mol. The van der Waals surface area contributed by atoms with E-state index in [1.54, 1.807) is 30.3 Å². The van der Waals surface area contributed by atoms with Gasteiger partial charge < -0.3 is 9.67 Å². The summed E-state index contributed by atoms with van der Waals surface area (Å²) in [6.45, 7) is 3.80. The number of aromatic nitrogens is 1. The standard InChI is InChI=1S/C20H20N4O4S/c1-11-9-13(10-16-17(25)22(3)20(29)23(4)18(16)26)12(2)24(11)15-7-5-14(6-8-15)21-19(27)28/h5-10,21H,1-4H3,(H,27,28). The number of carboxylic acid groups (broad SMARTS) is 1. The average molecular weight is 412 g/mol. The van der Waals surface area contributed by atoms with Gasteiger partial charge in [-0.3, -0.25) is 24.7 Å². The van der Waals surface area contributed by atoms with Crippen LogP contribution in [0.5, 0.6) is 0 Å². The second-order valence-corrected chi connectivity index (χ2v) is 7.07. The summed E-state index contributed by atoms with van der Waals surface area (Å²) in [5, 5.41) is 11.3. The molecule has 29 heavy (non-hydrogen) atoms. The quantitative estimate of drug-likeness (QED) is 0.459. The molecule has 0 bridgehead atoms. The van der Waals surface area contributed by atoms with Crippen molar-refractivity contribution in [3.8, 4) is 5.69 Å². The predicted octanol–water partition coefficient (Wildman–Crippen LogP) is 2.78. The summed E-state index contributed by atoms with van der Waals surface area (Å²) in [5.41, 5.74) is 3.82. The van der Waals surface area contributed by atoms with Gasteiger partial charge in [-0.1, -0.05) is 0 Å². The number of aryl methyl sites for hydroxylation is 1. The van der Waals surface area contributed by atoms with Gasteiger partial charge in [-0.2, -0.15) is 0 Å². The first-order valence-corrected chi connectivity index (χ1v) is 9.13.